The molecule has 5 rings (SSSR count). The van der Waals surface area contributed by atoms with Gasteiger partial charge in [-0.3, -0.25) is 9.69 Å². The number of carbonyl (C=O) groups is 1. The number of para-hydroxylation sites is 2. The molecule has 0 saturated carbocycles. The molecule has 1 fully saturated rings. The summed E-state index contributed by atoms with van der Waals surface area (Å²) in [5.41, 5.74) is 9.18. The van der Waals surface area contributed by atoms with Gasteiger partial charge in [-0.25, -0.2) is 9.82 Å². The Bertz CT molecular complexity index is 1490. The number of hydrazone groups is 1. The number of amides is 1. The molecule has 4 aromatic rings. The number of nitrogens with one attached hydrogen (secondary N) is 1. The van der Waals surface area contributed by atoms with Crippen LogP contribution in [0.3, 0.4) is 0 Å². The van der Waals surface area contributed by atoms with Crippen molar-refractivity contribution in [1.82, 2.24) is 14.9 Å². The Morgan fingerprint density at radius 2 is 1.68 bits per heavy atom. The van der Waals surface area contributed by atoms with Crippen molar-refractivity contribution in [1.29, 1.82) is 0 Å². The van der Waals surface area contributed by atoms with Gasteiger partial charge in [0.1, 0.15) is 11.6 Å². The largest absolute Gasteiger partial charge is 0.495 e. The number of aryl methyl sites for hydroxylation is 1. The highest BCUT2D eigenvalue weighted by molar-refractivity contribution is 5.95. The molecule has 0 radical (unpaired) electrons. The first kappa shape index (κ1) is 27.1. The molecular formula is C32H34FN5O2. The van der Waals surface area contributed by atoms with Crippen molar-refractivity contribution in [2.75, 3.05) is 38.2 Å². The van der Waals surface area contributed by atoms with E-state index in [0.29, 0.717) is 5.56 Å². The van der Waals surface area contributed by atoms with E-state index in [1.54, 1.807) is 25.5 Å². The highest BCUT2D eigenvalue weighted by atomic mass is 19.1. The molecule has 2 heterocycles. The van der Waals surface area contributed by atoms with Gasteiger partial charge in [0.05, 0.1) is 19.0 Å². The van der Waals surface area contributed by atoms with Crippen molar-refractivity contribution in [3.05, 3.63) is 113 Å². The number of halogens is 1. The van der Waals surface area contributed by atoms with E-state index < -0.39 is 0 Å². The van der Waals surface area contributed by atoms with Crippen LogP contribution in [-0.4, -0.2) is 54.9 Å². The molecule has 1 N–H and O–H groups in total. The van der Waals surface area contributed by atoms with Crippen LogP contribution < -0.4 is 15.1 Å². The number of aromatic nitrogens is 1. The quantitative estimate of drug-likeness (QED) is 0.243. The highest BCUT2D eigenvalue weighted by Crippen LogP contribution is 2.28. The molecule has 0 aliphatic carbocycles. The van der Waals surface area contributed by atoms with E-state index in [-0.39, 0.29) is 11.7 Å². The fourth-order valence-electron chi connectivity index (χ4n) is 5.19. The molecule has 3 aromatic carbocycles. The lowest BCUT2D eigenvalue weighted by Gasteiger charge is -2.36. The van der Waals surface area contributed by atoms with Crippen LogP contribution in [0.25, 0.3) is 5.69 Å². The van der Waals surface area contributed by atoms with Crippen LogP contribution in [0.5, 0.6) is 5.75 Å². The minimum Gasteiger partial charge on any atom is -0.495 e. The lowest BCUT2D eigenvalue weighted by atomic mass is 10.1. The standard InChI is InChI=1S/C32H34FN5O2/c1-23-20-27(24(2)38(23)29-14-12-28(33)13-15-29)21-34-35-32(39)26-10-8-25(9-11-26)22-36-16-18-37(19-17-36)30-6-4-5-7-31(30)40-3/h4-15,20-21H,16-19,22H2,1-3H3,(H,35,39). The van der Waals surface area contributed by atoms with Crippen LogP contribution in [0.4, 0.5) is 10.1 Å². The third kappa shape index (κ3) is 6.07. The molecule has 1 amide bonds. The molecule has 0 atom stereocenters. The Hall–Kier alpha value is -4.43. The minimum atomic E-state index is -0.271. The number of rotatable bonds is 8. The summed E-state index contributed by atoms with van der Waals surface area (Å²) in [7, 11) is 1.71. The molecule has 1 aliphatic rings. The van der Waals surface area contributed by atoms with Gasteiger partial charge in [-0.15, -0.1) is 0 Å². The average Bonchev–Trinajstić information content (AvgIpc) is 3.26. The fraction of sp³-hybridized carbons (Fsp3) is 0.250. The summed E-state index contributed by atoms with van der Waals surface area (Å²) in [6.45, 7) is 8.57. The van der Waals surface area contributed by atoms with Crippen LogP contribution >= 0.6 is 0 Å². The summed E-state index contributed by atoms with van der Waals surface area (Å²) in [5, 5.41) is 4.18. The Morgan fingerprint density at radius 1 is 0.975 bits per heavy atom. The minimum absolute atomic E-state index is 0.263. The summed E-state index contributed by atoms with van der Waals surface area (Å²) in [4.78, 5) is 17.5. The molecule has 1 aromatic heterocycles. The first-order valence-electron chi connectivity index (χ1n) is 13.4. The SMILES string of the molecule is COc1ccccc1N1CCN(Cc2ccc(C(=O)NN=Cc3cc(C)n(-c4ccc(F)cc4)c3C)cc2)CC1. The normalized spacial score (nSPS) is 14.1. The summed E-state index contributed by atoms with van der Waals surface area (Å²) < 4.78 is 20.9. The Kier molecular flexibility index (Phi) is 8.26. The second kappa shape index (κ2) is 12.2. The van der Waals surface area contributed by atoms with Crippen LogP contribution in [0.15, 0.2) is 84.0 Å². The van der Waals surface area contributed by atoms with Crippen molar-refractivity contribution in [2.24, 2.45) is 5.10 Å². The maximum Gasteiger partial charge on any atom is 0.271 e. The molecule has 1 saturated heterocycles. The molecule has 8 heteroatoms. The number of benzene rings is 3. The van der Waals surface area contributed by atoms with E-state index in [4.69, 9.17) is 4.74 Å². The van der Waals surface area contributed by atoms with Crippen molar-refractivity contribution < 1.29 is 13.9 Å². The van der Waals surface area contributed by atoms with Crippen LogP contribution in [0.1, 0.15) is 32.9 Å². The van der Waals surface area contributed by atoms with Crippen LogP contribution in [-0.2, 0) is 6.54 Å². The first-order chi connectivity index (χ1) is 19.4. The summed E-state index contributed by atoms with van der Waals surface area (Å²) in [6.07, 6.45) is 1.64. The Balaban J connectivity index is 1.14. The van der Waals surface area contributed by atoms with Crippen LogP contribution in [0.2, 0.25) is 0 Å². The number of nitrogens with zero attached hydrogens (tertiary/aromatic N) is 4. The molecule has 0 spiro atoms. The zero-order valence-corrected chi connectivity index (χ0v) is 23.1. The van der Waals surface area contributed by atoms with Gasteiger partial charge in [-0.05, 0) is 74.0 Å². The second-order valence-corrected chi connectivity index (χ2v) is 9.97. The molecule has 7 nitrogen and oxygen atoms in total. The monoisotopic (exact) mass is 539 g/mol. The van der Waals surface area contributed by atoms with E-state index in [2.05, 4.69) is 26.4 Å². The van der Waals surface area contributed by atoms with Crippen molar-refractivity contribution >= 4 is 17.8 Å². The van der Waals surface area contributed by atoms with Gasteiger partial charge in [0.15, 0.2) is 0 Å². The number of carbonyl (C=O) groups excluding carboxylic acids is 1. The molecule has 0 bridgehead atoms. The molecule has 0 unspecified atom stereocenters. The predicted octanol–water partition coefficient (Wildman–Crippen LogP) is 5.33. The third-order valence-electron chi connectivity index (χ3n) is 7.35. The smallest absolute Gasteiger partial charge is 0.271 e. The maximum atomic E-state index is 13.3. The lowest BCUT2D eigenvalue weighted by Crippen LogP contribution is -2.46. The van der Waals surface area contributed by atoms with Gasteiger partial charge in [-0.2, -0.15) is 5.10 Å². The van der Waals surface area contributed by atoms with Gasteiger partial charge in [0.2, 0.25) is 0 Å². The van der Waals surface area contributed by atoms with Crippen molar-refractivity contribution in [2.45, 2.75) is 20.4 Å². The number of piperazine rings is 1. The molecule has 206 valence electrons. The Morgan fingerprint density at radius 3 is 2.38 bits per heavy atom. The number of hydrogen-bond acceptors (Lipinski definition) is 5. The molecular weight excluding hydrogens is 505 g/mol. The topological polar surface area (TPSA) is 62.1 Å². The van der Waals surface area contributed by atoms with Gasteiger partial charge >= 0.3 is 0 Å². The first-order valence-corrected chi connectivity index (χ1v) is 13.4. The summed E-state index contributed by atoms with van der Waals surface area (Å²) >= 11 is 0. The van der Waals surface area contributed by atoms with E-state index >= 15 is 0 Å². The summed E-state index contributed by atoms with van der Waals surface area (Å²) in [5.74, 6) is 0.371. The van der Waals surface area contributed by atoms with E-state index in [9.17, 15) is 9.18 Å². The third-order valence-corrected chi connectivity index (χ3v) is 7.35. The number of ether oxygens (including phenoxy) is 1. The lowest BCUT2D eigenvalue weighted by molar-refractivity contribution is 0.0955. The van der Waals surface area contributed by atoms with Gasteiger partial charge < -0.3 is 14.2 Å². The van der Waals surface area contributed by atoms with Gasteiger partial charge in [-0.1, -0.05) is 24.3 Å². The molecule has 40 heavy (non-hydrogen) atoms. The van der Waals surface area contributed by atoms with E-state index in [0.717, 1.165) is 66.8 Å². The predicted molar refractivity (Wildman–Crippen MR) is 157 cm³/mol. The average molecular weight is 540 g/mol. The van der Waals surface area contributed by atoms with E-state index in [1.807, 2.05) is 66.9 Å². The second-order valence-electron chi connectivity index (χ2n) is 9.97. The van der Waals surface area contributed by atoms with Crippen molar-refractivity contribution in [3.63, 3.8) is 0 Å². The van der Waals surface area contributed by atoms with Gasteiger partial charge in [0, 0.05) is 60.9 Å². The van der Waals surface area contributed by atoms with Gasteiger partial charge in [0.25, 0.3) is 5.91 Å². The maximum absolute atomic E-state index is 13.3. The van der Waals surface area contributed by atoms with Crippen molar-refractivity contribution in [3.8, 4) is 11.4 Å². The number of anilines is 1. The number of methoxy groups -OCH3 is 1. The van der Waals surface area contributed by atoms with Crippen LogP contribution in [0, 0.1) is 19.7 Å². The zero-order chi connectivity index (χ0) is 28.1. The fourth-order valence-corrected chi connectivity index (χ4v) is 5.19. The zero-order valence-electron chi connectivity index (χ0n) is 23.1. The Labute approximate surface area is 234 Å². The van der Waals surface area contributed by atoms with E-state index in [1.165, 1.54) is 17.7 Å². The highest BCUT2D eigenvalue weighted by Gasteiger charge is 2.19. The summed E-state index contributed by atoms with van der Waals surface area (Å²) in [6, 6.07) is 24.2. The molecule has 1 aliphatic heterocycles. The number of hydrogen-bond donors (Lipinski definition) is 1.